The Balaban J connectivity index is 2.48. The first-order valence-corrected chi connectivity index (χ1v) is 7.11. The van der Waals surface area contributed by atoms with Crippen LogP contribution >= 0.6 is 0 Å². The molecule has 1 rings (SSSR count). The SMILES string of the molecule is CCCCNC(=O)c1ccnc(NCCC(C)C)c1. The van der Waals surface area contributed by atoms with E-state index in [1.54, 1.807) is 12.3 Å². The summed E-state index contributed by atoms with van der Waals surface area (Å²) in [6.45, 7) is 8.09. The lowest BCUT2D eigenvalue weighted by Crippen LogP contribution is -2.24. The summed E-state index contributed by atoms with van der Waals surface area (Å²) >= 11 is 0. The van der Waals surface area contributed by atoms with Crippen molar-refractivity contribution in [1.29, 1.82) is 0 Å². The molecule has 0 atom stereocenters. The number of carbonyl (C=O) groups is 1. The van der Waals surface area contributed by atoms with E-state index in [1.807, 2.05) is 6.07 Å². The van der Waals surface area contributed by atoms with Gasteiger partial charge in [0.2, 0.25) is 0 Å². The van der Waals surface area contributed by atoms with Crippen molar-refractivity contribution in [2.75, 3.05) is 18.4 Å². The molecule has 19 heavy (non-hydrogen) atoms. The highest BCUT2D eigenvalue weighted by Crippen LogP contribution is 2.08. The zero-order valence-electron chi connectivity index (χ0n) is 12.2. The van der Waals surface area contributed by atoms with Gasteiger partial charge in [-0.1, -0.05) is 27.2 Å². The Morgan fingerprint density at radius 1 is 1.37 bits per heavy atom. The minimum Gasteiger partial charge on any atom is -0.370 e. The highest BCUT2D eigenvalue weighted by molar-refractivity contribution is 5.94. The molecule has 2 N–H and O–H groups in total. The van der Waals surface area contributed by atoms with E-state index in [2.05, 4.69) is 36.4 Å². The van der Waals surface area contributed by atoms with E-state index in [0.29, 0.717) is 11.5 Å². The average Bonchev–Trinajstić information content (AvgIpc) is 2.39. The van der Waals surface area contributed by atoms with Crippen LogP contribution in [0.1, 0.15) is 50.4 Å². The van der Waals surface area contributed by atoms with Crippen LogP contribution in [0.4, 0.5) is 5.82 Å². The summed E-state index contributed by atoms with van der Waals surface area (Å²) in [5.74, 6) is 1.40. The molecule has 1 aromatic rings. The third-order valence-corrected chi connectivity index (χ3v) is 2.87. The van der Waals surface area contributed by atoms with Gasteiger partial charge in [0, 0.05) is 24.8 Å². The molecule has 4 nitrogen and oxygen atoms in total. The highest BCUT2D eigenvalue weighted by Gasteiger charge is 2.06. The van der Waals surface area contributed by atoms with Crippen LogP contribution in [0.15, 0.2) is 18.3 Å². The molecular formula is C15H25N3O. The van der Waals surface area contributed by atoms with Crippen LogP contribution in [-0.2, 0) is 0 Å². The standard InChI is InChI=1S/C15H25N3O/c1-4-5-8-18-15(19)13-7-10-17-14(11-13)16-9-6-12(2)3/h7,10-12H,4-6,8-9H2,1-3H3,(H,16,17)(H,18,19). The first-order valence-electron chi connectivity index (χ1n) is 7.11. The van der Waals surface area contributed by atoms with Crippen molar-refractivity contribution in [3.8, 4) is 0 Å². The minimum absolute atomic E-state index is 0.0252. The molecule has 1 heterocycles. The molecule has 0 radical (unpaired) electrons. The molecule has 0 aliphatic rings. The molecule has 4 heteroatoms. The van der Waals surface area contributed by atoms with E-state index < -0.39 is 0 Å². The van der Waals surface area contributed by atoms with Crippen molar-refractivity contribution in [2.45, 2.75) is 40.0 Å². The highest BCUT2D eigenvalue weighted by atomic mass is 16.1. The van der Waals surface area contributed by atoms with Gasteiger partial charge in [-0.25, -0.2) is 4.98 Å². The summed E-state index contributed by atoms with van der Waals surface area (Å²) in [5.41, 5.74) is 0.665. The molecule has 0 saturated heterocycles. The Labute approximate surface area is 116 Å². The molecule has 0 spiro atoms. The molecule has 0 saturated carbocycles. The Morgan fingerprint density at radius 3 is 2.84 bits per heavy atom. The predicted molar refractivity (Wildman–Crippen MR) is 79.4 cm³/mol. The zero-order chi connectivity index (χ0) is 14.1. The summed E-state index contributed by atoms with van der Waals surface area (Å²) in [6.07, 6.45) is 4.86. The van der Waals surface area contributed by atoms with Crippen LogP contribution in [0, 0.1) is 5.92 Å². The van der Waals surface area contributed by atoms with Crippen LogP contribution < -0.4 is 10.6 Å². The summed E-state index contributed by atoms with van der Waals surface area (Å²) in [4.78, 5) is 16.1. The maximum atomic E-state index is 11.9. The van der Waals surface area contributed by atoms with Crippen molar-refractivity contribution >= 4 is 11.7 Å². The van der Waals surface area contributed by atoms with Crippen molar-refractivity contribution < 1.29 is 4.79 Å². The molecule has 0 aliphatic carbocycles. The van der Waals surface area contributed by atoms with Gasteiger partial charge in [0.15, 0.2) is 0 Å². The van der Waals surface area contributed by atoms with Crippen LogP contribution in [0.3, 0.4) is 0 Å². The Kier molecular flexibility index (Phi) is 6.93. The number of nitrogens with zero attached hydrogens (tertiary/aromatic N) is 1. The van der Waals surface area contributed by atoms with E-state index in [4.69, 9.17) is 0 Å². The Morgan fingerprint density at radius 2 is 2.16 bits per heavy atom. The van der Waals surface area contributed by atoms with Gasteiger partial charge in [0.1, 0.15) is 5.82 Å². The normalized spacial score (nSPS) is 10.5. The summed E-state index contributed by atoms with van der Waals surface area (Å²) < 4.78 is 0. The maximum absolute atomic E-state index is 11.9. The summed E-state index contributed by atoms with van der Waals surface area (Å²) in [6, 6.07) is 3.55. The van der Waals surface area contributed by atoms with Crippen LogP contribution in [0.25, 0.3) is 0 Å². The quantitative estimate of drug-likeness (QED) is 0.709. The monoisotopic (exact) mass is 263 g/mol. The summed E-state index contributed by atoms with van der Waals surface area (Å²) in [5, 5.41) is 6.15. The molecule has 0 aliphatic heterocycles. The van der Waals surface area contributed by atoms with Crippen molar-refractivity contribution in [1.82, 2.24) is 10.3 Å². The lowest BCUT2D eigenvalue weighted by molar-refractivity contribution is 0.0953. The number of hydrogen-bond acceptors (Lipinski definition) is 3. The van der Waals surface area contributed by atoms with E-state index in [-0.39, 0.29) is 5.91 Å². The topological polar surface area (TPSA) is 54.0 Å². The van der Waals surface area contributed by atoms with Crippen molar-refractivity contribution in [2.24, 2.45) is 5.92 Å². The number of anilines is 1. The van der Waals surface area contributed by atoms with Crippen molar-refractivity contribution in [3.05, 3.63) is 23.9 Å². The van der Waals surface area contributed by atoms with Crippen molar-refractivity contribution in [3.63, 3.8) is 0 Å². The molecule has 1 aromatic heterocycles. The van der Waals surface area contributed by atoms with Gasteiger partial charge in [-0.3, -0.25) is 4.79 Å². The number of unbranched alkanes of at least 4 members (excludes halogenated alkanes) is 1. The number of hydrogen-bond donors (Lipinski definition) is 2. The zero-order valence-corrected chi connectivity index (χ0v) is 12.2. The molecule has 0 fully saturated rings. The second-order valence-corrected chi connectivity index (χ2v) is 5.15. The number of pyridine rings is 1. The first kappa shape index (κ1) is 15.5. The number of carbonyl (C=O) groups excluding carboxylic acids is 1. The maximum Gasteiger partial charge on any atom is 0.251 e. The van der Waals surface area contributed by atoms with E-state index in [1.165, 1.54) is 0 Å². The van der Waals surface area contributed by atoms with E-state index in [9.17, 15) is 4.79 Å². The number of rotatable bonds is 8. The summed E-state index contributed by atoms with van der Waals surface area (Å²) in [7, 11) is 0. The number of nitrogens with one attached hydrogen (secondary N) is 2. The first-order chi connectivity index (χ1) is 9.13. The van der Waals surface area contributed by atoms with Gasteiger partial charge < -0.3 is 10.6 Å². The van der Waals surface area contributed by atoms with E-state index in [0.717, 1.165) is 38.2 Å². The smallest absolute Gasteiger partial charge is 0.251 e. The van der Waals surface area contributed by atoms with Gasteiger partial charge in [-0.2, -0.15) is 0 Å². The van der Waals surface area contributed by atoms with Gasteiger partial charge >= 0.3 is 0 Å². The lowest BCUT2D eigenvalue weighted by Gasteiger charge is -2.09. The van der Waals surface area contributed by atoms with Gasteiger partial charge in [-0.05, 0) is 30.9 Å². The number of amides is 1. The average molecular weight is 263 g/mol. The third kappa shape index (κ3) is 6.22. The molecule has 0 aromatic carbocycles. The van der Waals surface area contributed by atoms with Crippen LogP contribution in [0.5, 0.6) is 0 Å². The largest absolute Gasteiger partial charge is 0.370 e. The fraction of sp³-hybridized carbons (Fsp3) is 0.600. The van der Waals surface area contributed by atoms with Gasteiger partial charge in [0.05, 0.1) is 0 Å². The minimum atomic E-state index is -0.0252. The van der Waals surface area contributed by atoms with Gasteiger partial charge in [0.25, 0.3) is 5.91 Å². The second-order valence-electron chi connectivity index (χ2n) is 5.15. The second kappa shape index (κ2) is 8.51. The Bertz CT molecular complexity index is 391. The van der Waals surface area contributed by atoms with Crippen LogP contribution in [0.2, 0.25) is 0 Å². The fourth-order valence-corrected chi connectivity index (χ4v) is 1.64. The fourth-order valence-electron chi connectivity index (χ4n) is 1.64. The van der Waals surface area contributed by atoms with Crippen LogP contribution in [-0.4, -0.2) is 24.0 Å². The third-order valence-electron chi connectivity index (χ3n) is 2.87. The lowest BCUT2D eigenvalue weighted by atomic mass is 10.1. The Hall–Kier alpha value is -1.58. The molecular weight excluding hydrogens is 238 g/mol. The number of aromatic nitrogens is 1. The van der Waals surface area contributed by atoms with Gasteiger partial charge in [-0.15, -0.1) is 0 Å². The predicted octanol–water partition coefficient (Wildman–Crippen LogP) is 3.07. The van der Waals surface area contributed by atoms with E-state index >= 15 is 0 Å². The molecule has 106 valence electrons. The molecule has 1 amide bonds. The molecule has 0 bridgehead atoms. The molecule has 0 unspecified atom stereocenters.